The number of allylic oxidation sites excluding steroid dienone is 2. The Morgan fingerprint density at radius 1 is 0.932 bits per heavy atom. The number of hydrogen-bond donors (Lipinski definition) is 1. The van der Waals surface area contributed by atoms with E-state index in [0.29, 0.717) is 25.7 Å². The molecule has 1 aromatic heterocycles. The third-order valence-corrected chi connectivity index (χ3v) is 9.82. The smallest absolute Gasteiger partial charge is 0.162 e. The number of aliphatic hydroxyl groups is 1. The minimum atomic E-state index is -1.40. The normalized spacial score (nSPS) is 13.4. The van der Waals surface area contributed by atoms with Crippen molar-refractivity contribution < 1.29 is 34.1 Å². The van der Waals surface area contributed by atoms with Gasteiger partial charge < -0.3 is 5.11 Å². The molecule has 237 valence electrons. The van der Waals surface area contributed by atoms with Crippen LogP contribution in [0.25, 0.3) is 33.3 Å². The topological polar surface area (TPSA) is 50.2 Å². The summed E-state index contributed by atoms with van der Waals surface area (Å²) < 4.78 is 23.8. The maximum atomic E-state index is 12.1. The van der Waals surface area contributed by atoms with Crippen molar-refractivity contribution in [3.8, 4) is 22.4 Å². The van der Waals surface area contributed by atoms with E-state index in [1.54, 1.807) is 27.7 Å². The first kappa shape index (κ1) is 32.5. The molecule has 0 spiro atoms. The van der Waals surface area contributed by atoms with E-state index in [2.05, 4.69) is 106 Å². The molecule has 4 rings (SSSR count). The molecule has 0 aliphatic heterocycles. The Kier molecular flexibility index (Phi) is 12.6. The van der Waals surface area contributed by atoms with Crippen molar-refractivity contribution in [3.63, 3.8) is 0 Å². The van der Waals surface area contributed by atoms with Crippen LogP contribution in [0.3, 0.4) is 0 Å². The summed E-state index contributed by atoms with van der Waals surface area (Å²) in [6.45, 7) is 18.3. The van der Waals surface area contributed by atoms with E-state index in [-0.39, 0.29) is 20.1 Å². The second kappa shape index (κ2) is 17.0. The summed E-state index contributed by atoms with van der Waals surface area (Å²) >= 11 is 0. The zero-order chi connectivity index (χ0) is 34.4. The van der Waals surface area contributed by atoms with Gasteiger partial charge in [-0.25, -0.2) is 0 Å². The molecular weight excluding hydrogens is 735 g/mol. The number of aliphatic hydroxyl groups excluding tert-OH is 1. The SMILES string of the molecule is Cc1[c-]c(-c2cc(-c3ccccc3)c3cc([Si](C)(C)C)ccc3n2)cc(C)c1.[2H]C(C(=O)C([2H])(CC)CC)=C(O)C([2H])(CC)CC.[Ir]. The van der Waals surface area contributed by atoms with E-state index in [4.69, 9.17) is 9.10 Å². The van der Waals surface area contributed by atoms with Gasteiger partial charge in [0.15, 0.2) is 5.78 Å². The minimum absolute atomic E-state index is 0. The maximum absolute atomic E-state index is 12.1. The Hall–Kier alpha value is -2.85. The molecule has 0 unspecified atom stereocenters. The zero-order valence-corrected chi connectivity index (χ0v) is 31.2. The summed E-state index contributed by atoms with van der Waals surface area (Å²) in [6, 6.07) is 27.0. The van der Waals surface area contributed by atoms with Crippen molar-refractivity contribution in [2.45, 2.75) is 86.9 Å². The molecular formula is C39H50IrNO2Si-. The van der Waals surface area contributed by atoms with E-state index < -0.39 is 37.5 Å². The van der Waals surface area contributed by atoms with Gasteiger partial charge in [0.2, 0.25) is 0 Å². The van der Waals surface area contributed by atoms with Crippen LogP contribution in [0.2, 0.25) is 19.6 Å². The van der Waals surface area contributed by atoms with Gasteiger partial charge in [0.05, 0.1) is 20.7 Å². The minimum Gasteiger partial charge on any atom is -0.512 e. The second-order valence-electron chi connectivity index (χ2n) is 12.1. The summed E-state index contributed by atoms with van der Waals surface area (Å²) in [6.07, 6.45) is 1.24. The van der Waals surface area contributed by atoms with Gasteiger partial charge >= 0.3 is 0 Å². The molecule has 44 heavy (non-hydrogen) atoms. The van der Waals surface area contributed by atoms with Crippen LogP contribution in [-0.4, -0.2) is 23.9 Å². The summed E-state index contributed by atoms with van der Waals surface area (Å²) in [5.74, 6) is -3.86. The largest absolute Gasteiger partial charge is 0.512 e. The molecule has 1 N–H and O–H groups in total. The molecule has 3 aromatic carbocycles. The molecule has 0 aliphatic rings. The molecule has 5 heteroatoms. The number of carbonyl (C=O) groups excluding carboxylic acids is 1. The van der Waals surface area contributed by atoms with Crippen LogP contribution < -0.4 is 5.19 Å². The quantitative estimate of drug-likeness (QED) is 0.0754. The van der Waals surface area contributed by atoms with Crippen molar-refractivity contribution in [2.24, 2.45) is 11.8 Å². The number of fused-ring (bicyclic) bond motifs is 1. The van der Waals surface area contributed by atoms with Crippen molar-refractivity contribution in [1.29, 1.82) is 0 Å². The van der Waals surface area contributed by atoms with Crippen LogP contribution in [0.15, 0.2) is 78.5 Å². The van der Waals surface area contributed by atoms with Gasteiger partial charge in [-0.05, 0) is 48.6 Å². The predicted octanol–water partition coefficient (Wildman–Crippen LogP) is 10.4. The van der Waals surface area contributed by atoms with Gasteiger partial charge in [0.25, 0.3) is 0 Å². The van der Waals surface area contributed by atoms with Gasteiger partial charge in [-0.3, -0.25) is 9.78 Å². The van der Waals surface area contributed by atoms with Crippen molar-refractivity contribution in [2.75, 3.05) is 0 Å². The van der Waals surface area contributed by atoms with Crippen LogP contribution in [0.1, 0.15) is 68.6 Å². The fourth-order valence-corrected chi connectivity index (χ4v) is 6.32. The van der Waals surface area contributed by atoms with E-state index in [9.17, 15) is 9.90 Å². The summed E-state index contributed by atoms with van der Waals surface area (Å²) in [5.41, 5.74) is 7.95. The molecule has 1 heterocycles. The van der Waals surface area contributed by atoms with Gasteiger partial charge in [-0.1, -0.05) is 115 Å². The number of hydrogen-bond acceptors (Lipinski definition) is 3. The summed E-state index contributed by atoms with van der Waals surface area (Å²) in [5, 5.41) is 12.7. The van der Waals surface area contributed by atoms with Crippen molar-refractivity contribution in [3.05, 3.63) is 95.7 Å². The van der Waals surface area contributed by atoms with E-state index >= 15 is 0 Å². The molecule has 3 nitrogen and oxygen atoms in total. The van der Waals surface area contributed by atoms with E-state index in [1.807, 2.05) is 0 Å². The van der Waals surface area contributed by atoms with E-state index in [1.165, 1.54) is 27.3 Å². The Labute approximate surface area is 284 Å². The molecule has 0 saturated heterocycles. The van der Waals surface area contributed by atoms with Crippen LogP contribution in [-0.2, 0) is 24.9 Å². The molecule has 0 fully saturated rings. The molecule has 0 bridgehead atoms. The van der Waals surface area contributed by atoms with Gasteiger partial charge in [0.1, 0.15) is 0 Å². The first-order chi connectivity index (χ1) is 21.5. The summed E-state index contributed by atoms with van der Waals surface area (Å²) in [7, 11) is -1.40. The number of ketones is 1. The first-order valence-electron chi connectivity index (χ1n) is 17.0. The van der Waals surface area contributed by atoms with Crippen molar-refractivity contribution in [1.82, 2.24) is 4.98 Å². The Morgan fingerprint density at radius 3 is 2.09 bits per heavy atom. The summed E-state index contributed by atoms with van der Waals surface area (Å²) in [4.78, 5) is 17.1. The molecule has 1 radical (unpaired) electrons. The van der Waals surface area contributed by atoms with Gasteiger partial charge in [-0.2, -0.15) is 0 Å². The number of nitrogens with zero attached hydrogens (tertiary/aromatic N) is 1. The molecule has 0 atom stereocenters. The van der Waals surface area contributed by atoms with Gasteiger partial charge in [0, 0.05) is 46.1 Å². The van der Waals surface area contributed by atoms with Crippen LogP contribution in [0.4, 0.5) is 0 Å². The van der Waals surface area contributed by atoms with Crippen LogP contribution in [0, 0.1) is 31.7 Å². The molecule has 4 aromatic rings. The third-order valence-electron chi connectivity index (χ3n) is 7.78. The number of carbonyl (C=O) groups is 1. The zero-order valence-electron chi connectivity index (χ0n) is 30.8. The first-order valence-corrected chi connectivity index (χ1v) is 19.0. The molecule has 0 saturated carbocycles. The number of pyridine rings is 1. The molecule has 0 aliphatic carbocycles. The second-order valence-corrected chi connectivity index (χ2v) is 17.2. The van der Waals surface area contributed by atoms with Crippen LogP contribution in [0.5, 0.6) is 0 Å². The van der Waals surface area contributed by atoms with Gasteiger partial charge in [-0.15, -0.1) is 34.9 Å². The van der Waals surface area contributed by atoms with E-state index in [0.717, 1.165) is 22.3 Å². The number of aromatic nitrogens is 1. The average Bonchev–Trinajstić information content (AvgIpc) is 3.05. The molecule has 0 amide bonds. The fourth-order valence-electron chi connectivity index (χ4n) is 5.16. The maximum Gasteiger partial charge on any atom is 0.162 e. The predicted molar refractivity (Wildman–Crippen MR) is 188 cm³/mol. The van der Waals surface area contributed by atoms with Crippen molar-refractivity contribution >= 4 is 29.9 Å². The fraction of sp³-hybridized carbons (Fsp3) is 0.385. The number of benzene rings is 3. The average molecular weight is 788 g/mol. The number of aryl methyl sites for hydroxylation is 2. The Morgan fingerprint density at radius 2 is 1.55 bits per heavy atom. The van der Waals surface area contributed by atoms with Crippen LogP contribution >= 0.6 is 0 Å². The Balaban J connectivity index is 0.000000355. The number of rotatable bonds is 10. The standard InChI is InChI=1S/C26H26NSi.C13H24O2.Ir/c1-18-13-19(2)15-21(14-18)26-17-23(20-9-7-6-8-10-20)24-16-22(28(3,4)5)11-12-25(24)27-26;1-5-10(6-2)12(14)9-13(15)11(7-3)8-4;/h6-14,16-17H,1-5H3;9-11,14H,5-8H2,1-4H3;/q-1;;/i;9D,10D,11D;. The third kappa shape index (κ3) is 9.82. The monoisotopic (exact) mass is 788 g/mol. The Bertz CT molecular complexity index is 1690.